The Morgan fingerprint density at radius 1 is 1.69 bits per heavy atom. The van der Waals surface area contributed by atoms with Gasteiger partial charge < -0.3 is 10.1 Å². The highest BCUT2D eigenvalue weighted by Gasteiger charge is 2.39. The van der Waals surface area contributed by atoms with E-state index in [1.807, 2.05) is 31.1 Å². The van der Waals surface area contributed by atoms with Crippen molar-refractivity contribution in [3.05, 3.63) is 30.1 Å². The van der Waals surface area contributed by atoms with E-state index in [0.717, 1.165) is 22.9 Å². The Labute approximate surface area is 105 Å². The third-order valence-corrected chi connectivity index (χ3v) is 4.71. The molecule has 0 saturated carbocycles. The van der Waals surface area contributed by atoms with E-state index in [0.29, 0.717) is 6.61 Å². The summed E-state index contributed by atoms with van der Waals surface area (Å²) in [5.74, 6) is 0.955. The Hall–Kier alpha value is -0.650. The van der Waals surface area contributed by atoms with Crippen LogP contribution in [0.5, 0.6) is 0 Å². The molecule has 1 aliphatic heterocycles. The van der Waals surface area contributed by atoms with Gasteiger partial charge in [-0.1, -0.05) is 18.3 Å². The van der Waals surface area contributed by atoms with E-state index < -0.39 is 0 Å². The molecule has 0 aliphatic carbocycles. The lowest BCUT2D eigenvalue weighted by atomic mass is 10.0. The number of rotatable bonds is 2. The maximum absolute atomic E-state index is 5.59. The number of nitrogens with one attached hydrogen (secondary N) is 1. The van der Waals surface area contributed by atoms with Crippen molar-refractivity contribution in [3.63, 3.8) is 0 Å². The van der Waals surface area contributed by atoms with Crippen molar-refractivity contribution in [2.24, 2.45) is 0 Å². The van der Waals surface area contributed by atoms with Crippen molar-refractivity contribution in [3.8, 4) is 0 Å². The number of thiocarbonyl (C=S) groups is 1. The van der Waals surface area contributed by atoms with Crippen LogP contribution in [0.2, 0.25) is 0 Å². The zero-order chi connectivity index (χ0) is 11.4. The number of pyridine rings is 1. The molecule has 5 heteroatoms. The first kappa shape index (κ1) is 11.8. The van der Waals surface area contributed by atoms with Gasteiger partial charge in [-0.25, -0.2) is 0 Å². The first-order chi connectivity index (χ1) is 7.79. The minimum Gasteiger partial charge on any atom is -0.381 e. The summed E-state index contributed by atoms with van der Waals surface area (Å²) in [4.78, 5) is 4.98. The monoisotopic (exact) mass is 254 g/mol. The van der Waals surface area contributed by atoms with Gasteiger partial charge in [-0.05, 0) is 11.6 Å². The average Bonchev–Trinajstić information content (AvgIpc) is 2.39. The molecule has 16 heavy (non-hydrogen) atoms. The van der Waals surface area contributed by atoms with Crippen LogP contribution in [0, 0.1) is 0 Å². The van der Waals surface area contributed by atoms with E-state index in [-0.39, 0.29) is 4.75 Å². The van der Waals surface area contributed by atoms with Crippen LogP contribution in [0.15, 0.2) is 24.5 Å². The van der Waals surface area contributed by atoms with E-state index in [4.69, 9.17) is 17.0 Å². The smallest absolute Gasteiger partial charge is 0.116 e. The molecule has 1 aromatic heterocycles. The highest BCUT2D eigenvalue weighted by atomic mass is 32.2. The predicted octanol–water partition coefficient (Wildman–Crippen LogP) is 1.59. The van der Waals surface area contributed by atoms with Crippen molar-refractivity contribution < 1.29 is 4.74 Å². The molecule has 0 aromatic carbocycles. The van der Waals surface area contributed by atoms with Gasteiger partial charge >= 0.3 is 0 Å². The lowest BCUT2D eigenvalue weighted by Crippen LogP contribution is -2.45. The number of nitrogens with zero attached hydrogens (tertiary/aromatic N) is 1. The zero-order valence-corrected chi connectivity index (χ0v) is 10.7. The summed E-state index contributed by atoms with van der Waals surface area (Å²) in [5.41, 5.74) is 1.11. The lowest BCUT2D eigenvalue weighted by Gasteiger charge is -2.36. The highest BCUT2D eigenvalue weighted by molar-refractivity contribution is 8.02. The fourth-order valence-corrected chi connectivity index (χ4v) is 3.36. The van der Waals surface area contributed by atoms with Crippen LogP contribution < -0.4 is 5.32 Å². The van der Waals surface area contributed by atoms with Gasteiger partial charge in [0, 0.05) is 25.2 Å². The molecule has 1 unspecified atom stereocenters. The van der Waals surface area contributed by atoms with Crippen molar-refractivity contribution in [2.75, 3.05) is 26.0 Å². The van der Waals surface area contributed by atoms with Gasteiger partial charge in [0.25, 0.3) is 0 Å². The first-order valence-electron chi connectivity index (χ1n) is 5.14. The average molecular weight is 254 g/mol. The second kappa shape index (κ2) is 5.12. The molecule has 0 amide bonds. The molecule has 2 heterocycles. The predicted molar refractivity (Wildman–Crippen MR) is 70.8 cm³/mol. The van der Waals surface area contributed by atoms with E-state index >= 15 is 0 Å². The zero-order valence-electron chi connectivity index (χ0n) is 9.10. The van der Waals surface area contributed by atoms with Crippen LogP contribution in [-0.4, -0.2) is 36.0 Å². The molecule has 1 saturated heterocycles. The SMILES string of the molecule is CNC(=S)C1(c2cccnc2)COCCS1. The number of hydrogen-bond donors (Lipinski definition) is 1. The summed E-state index contributed by atoms with van der Waals surface area (Å²) in [6.45, 7) is 1.40. The standard InChI is InChI=1S/C11H14N2OS2/c1-12-10(15)11(8-14-5-6-16-11)9-3-2-4-13-7-9/h2-4,7H,5-6,8H2,1H3,(H,12,15). The number of thioether (sulfide) groups is 1. The lowest BCUT2D eigenvalue weighted by molar-refractivity contribution is 0.131. The molecule has 0 bridgehead atoms. The Bertz CT molecular complexity index is 364. The summed E-state index contributed by atoms with van der Waals surface area (Å²) >= 11 is 7.26. The molecular weight excluding hydrogens is 240 g/mol. The molecule has 1 aliphatic rings. The fourth-order valence-electron chi connectivity index (χ4n) is 1.76. The van der Waals surface area contributed by atoms with Crippen LogP contribution in [0.1, 0.15) is 5.56 Å². The van der Waals surface area contributed by atoms with Gasteiger partial charge in [0.2, 0.25) is 0 Å². The minimum atomic E-state index is -0.267. The van der Waals surface area contributed by atoms with Gasteiger partial charge in [0.1, 0.15) is 4.75 Å². The maximum Gasteiger partial charge on any atom is 0.116 e. The maximum atomic E-state index is 5.59. The van der Waals surface area contributed by atoms with E-state index in [1.54, 1.807) is 6.20 Å². The molecular formula is C11H14N2OS2. The van der Waals surface area contributed by atoms with Gasteiger partial charge in [-0.2, -0.15) is 0 Å². The minimum absolute atomic E-state index is 0.267. The van der Waals surface area contributed by atoms with Crippen LogP contribution in [0.4, 0.5) is 0 Å². The van der Waals surface area contributed by atoms with Gasteiger partial charge in [0.05, 0.1) is 18.2 Å². The molecule has 1 fully saturated rings. The number of hydrogen-bond acceptors (Lipinski definition) is 4. The summed E-state index contributed by atoms with van der Waals surface area (Å²) in [7, 11) is 1.86. The Kier molecular flexibility index (Phi) is 3.78. The molecule has 1 aromatic rings. The van der Waals surface area contributed by atoms with Crippen LogP contribution in [-0.2, 0) is 9.48 Å². The van der Waals surface area contributed by atoms with E-state index in [2.05, 4.69) is 16.4 Å². The molecule has 1 N–H and O–H groups in total. The molecule has 3 nitrogen and oxygen atoms in total. The first-order valence-corrected chi connectivity index (χ1v) is 6.53. The topological polar surface area (TPSA) is 34.2 Å². The van der Waals surface area contributed by atoms with Crippen molar-refractivity contribution >= 4 is 29.0 Å². The summed E-state index contributed by atoms with van der Waals surface area (Å²) in [6.07, 6.45) is 3.64. The van der Waals surface area contributed by atoms with Gasteiger partial charge in [0.15, 0.2) is 0 Å². The Morgan fingerprint density at radius 2 is 2.56 bits per heavy atom. The summed E-state index contributed by atoms with van der Waals surface area (Å²) in [5, 5.41) is 3.08. The normalized spacial score (nSPS) is 25.1. The second-order valence-electron chi connectivity index (χ2n) is 3.55. The number of likely N-dealkylation sites (N-methyl/N-ethyl adjacent to an activating group) is 1. The van der Waals surface area contributed by atoms with Crippen molar-refractivity contribution in [1.29, 1.82) is 0 Å². The van der Waals surface area contributed by atoms with Crippen LogP contribution >= 0.6 is 24.0 Å². The molecule has 86 valence electrons. The number of aromatic nitrogens is 1. The van der Waals surface area contributed by atoms with Crippen LogP contribution in [0.25, 0.3) is 0 Å². The Balaban J connectivity index is 2.38. The quantitative estimate of drug-likeness (QED) is 0.811. The highest BCUT2D eigenvalue weighted by Crippen LogP contribution is 2.39. The third-order valence-electron chi connectivity index (χ3n) is 2.60. The molecule has 0 spiro atoms. The summed E-state index contributed by atoms with van der Waals surface area (Å²) < 4.78 is 5.32. The Morgan fingerprint density at radius 3 is 3.12 bits per heavy atom. The summed E-state index contributed by atoms with van der Waals surface area (Å²) in [6, 6.07) is 3.99. The molecule has 2 rings (SSSR count). The van der Waals surface area contributed by atoms with Crippen molar-refractivity contribution in [1.82, 2.24) is 10.3 Å². The van der Waals surface area contributed by atoms with Gasteiger partial charge in [-0.15, -0.1) is 11.8 Å². The fraction of sp³-hybridized carbons (Fsp3) is 0.455. The van der Waals surface area contributed by atoms with E-state index in [1.165, 1.54) is 0 Å². The molecule has 1 atom stereocenters. The largest absolute Gasteiger partial charge is 0.381 e. The van der Waals surface area contributed by atoms with E-state index in [9.17, 15) is 0 Å². The van der Waals surface area contributed by atoms with Crippen molar-refractivity contribution in [2.45, 2.75) is 4.75 Å². The molecule has 0 radical (unpaired) electrons. The third kappa shape index (κ3) is 2.07. The second-order valence-corrected chi connectivity index (χ2v) is 5.35. The number of ether oxygens (including phenoxy) is 1. The van der Waals surface area contributed by atoms with Crippen LogP contribution in [0.3, 0.4) is 0 Å². The van der Waals surface area contributed by atoms with Gasteiger partial charge in [-0.3, -0.25) is 4.98 Å².